The van der Waals surface area contributed by atoms with Gasteiger partial charge in [0.15, 0.2) is 0 Å². The molecule has 1 aliphatic rings. The lowest BCUT2D eigenvalue weighted by atomic mass is 9.72. The first-order valence-electron chi connectivity index (χ1n) is 15.3. The first kappa shape index (κ1) is 40.3. The van der Waals surface area contributed by atoms with E-state index >= 15 is 0 Å². The number of hydrogen-bond donors (Lipinski definition) is 3. The standard InChI is InChI=1S/C34H45NO11S3/c1-25-13-14-27(48(39,40)41)23-29(25)33(3,18-20-45-5)26(2)11-8-7-9-12-32-34(4,17-10-22-47(36,37)38)30-24-28(49(42,43)44)15-16-31(30)35(32)19-21-46-6/h7-9,11-16,23-24H,2,10,17-22H2,1,3-6H3,(H,36,37,38)(H,39,40,41)(H,42,43,44)/b9-7+,11-8+,32-12+. The van der Waals surface area contributed by atoms with Gasteiger partial charge in [-0.3, -0.25) is 13.7 Å². The van der Waals surface area contributed by atoms with Crippen LogP contribution in [0.5, 0.6) is 0 Å². The van der Waals surface area contributed by atoms with Crippen LogP contribution in [0.25, 0.3) is 0 Å². The van der Waals surface area contributed by atoms with Gasteiger partial charge in [-0.15, -0.1) is 0 Å². The second kappa shape index (κ2) is 15.8. The molecule has 0 bridgehead atoms. The van der Waals surface area contributed by atoms with E-state index in [2.05, 4.69) is 6.58 Å². The number of anilines is 1. The van der Waals surface area contributed by atoms with Crippen LogP contribution in [-0.4, -0.2) is 78.6 Å². The zero-order chi connectivity index (χ0) is 36.8. The molecule has 0 aromatic heterocycles. The molecular formula is C34H45NO11S3. The monoisotopic (exact) mass is 739 g/mol. The second-order valence-electron chi connectivity index (χ2n) is 12.4. The van der Waals surface area contributed by atoms with E-state index in [9.17, 15) is 38.9 Å². The van der Waals surface area contributed by atoms with Gasteiger partial charge in [0.1, 0.15) is 0 Å². The van der Waals surface area contributed by atoms with Crippen molar-refractivity contribution >= 4 is 36.0 Å². The summed E-state index contributed by atoms with van der Waals surface area (Å²) in [7, 11) is -10.1. The lowest BCUT2D eigenvalue weighted by molar-refractivity contribution is 0.178. The first-order valence-corrected chi connectivity index (χ1v) is 19.8. The van der Waals surface area contributed by atoms with Crippen LogP contribution in [0.3, 0.4) is 0 Å². The number of allylic oxidation sites excluding steroid dienone is 7. The zero-order valence-electron chi connectivity index (χ0n) is 28.3. The van der Waals surface area contributed by atoms with Crippen molar-refractivity contribution in [2.45, 2.75) is 60.7 Å². The second-order valence-corrected chi connectivity index (χ2v) is 16.8. The highest BCUT2D eigenvalue weighted by Gasteiger charge is 2.43. The molecule has 270 valence electrons. The number of hydrogen-bond acceptors (Lipinski definition) is 9. The zero-order valence-corrected chi connectivity index (χ0v) is 30.7. The average Bonchev–Trinajstić information content (AvgIpc) is 3.23. The number of benzene rings is 2. The maximum atomic E-state index is 12.0. The largest absolute Gasteiger partial charge is 0.385 e. The van der Waals surface area contributed by atoms with E-state index in [-0.39, 0.29) is 22.6 Å². The number of aryl methyl sites for hydroxylation is 1. The summed E-state index contributed by atoms with van der Waals surface area (Å²) in [6.45, 7) is 10.9. The molecule has 15 heteroatoms. The summed E-state index contributed by atoms with van der Waals surface area (Å²) in [4.78, 5) is 1.42. The summed E-state index contributed by atoms with van der Waals surface area (Å²) in [6, 6.07) is 8.69. The minimum absolute atomic E-state index is 0.0715. The van der Waals surface area contributed by atoms with Crippen molar-refractivity contribution in [3.05, 3.63) is 101 Å². The summed E-state index contributed by atoms with van der Waals surface area (Å²) in [6.07, 6.45) is 9.68. The first-order chi connectivity index (χ1) is 22.7. The fourth-order valence-electron chi connectivity index (χ4n) is 6.18. The SMILES string of the molecule is C=C(/C=C/C=C/C=C1/N(CCOC)c2ccc(S(=O)(=O)O)cc2C1(C)CCCS(=O)(=O)O)C(C)(CCOC)c1cc(S(=O)(=O)O)ccc1C. The molecule has 12 nitrogen and oxygen atoms in total. The van der Waals surface area contributed by atoms with Crippen LogP contribution in [0.2, 0.25) is 0 Å². The predicted molar refractivity (Wildman–Crippen MR) is 189 cm³/mol. The Morgan fingerprint density at radius 2 is 1.53 bits per heavy atom. The minimum atomic E-state index is -4.53. The van der Waals surface area contributed by atoms with Crippen LogP contribution in [0.15, 0.2) is 94.4 Å². The van der Waals surface area contributed by atoms with Crippen LogP contribution < -0.4 is 4.90 Å². The Morgan fingerprint density at radius 3 is 2.12 bits per heavy atom. The molecule has 2 atom stereocenters. The van der Waals surface area contributed by atoms with Gasteiger partial charge in [-0.1, -0.05) is 43.9 Å². The summed E-state index contributed by atoms with van der Waals surface area (Å²) in [5.41, 5.74) is 2.40. The van der Waals surface area contributed by atoms with Crippen molar-refractivity contribution in [1.29, 1.82) is 0 Å². The van der Waals surface area contributed by atoms with E-state index in [1.165, 1.54) is 24.3 Å². The molecule has 1 aliphatic heterocycles. The highest BCUT2D eigenvalue weighted by atomic mass is 32.2. The highest BCUT2D eigenvalue weighted by Crippen LogP contribution is 2.51. The van der Waals surface area contributed by atoms with Gasteiger partial charge < -0.3 is 14.4 Å². The highest BCUT2D eigenvalue weighted by molar-refractivity contribution is 7.86. The van der Waals surface area contributed by atoms with E-state index in [1.807, 2.05) is 31.7 Å². The van der Waals surface area contributed by atoms with Crippen molar-refractivity contribution < 1.29 is 48.4 Å². The van der Waals surface area contributed by atoms with Crippen LogP contribution in [-0.2, 0) is 50.7 Å². The molecule has 0 radical (unpaired) electrons. The predicted octanol–water partition coefficient (Wildman–Crippen LogP) is 5.43. The van der Waals surface area contributed by atoms with Gasteiger partial charge in [-0.05, 0) is 91.8 Å². The summed E-state index contributed by atoms with van der Waals surface area (Å²) in [5, 5.41) is 0. The lowest BCUT2D eigenvalue weighted by Crippen LogP contribution is -2.31. The summed E-state index contributed by atoms with van der Waals surface area (Å²) < 4.78 is 111. The Hall–Kier alpha value is -3.15. The number of methoxy groups -OCH3 is 2. The maximum absolute atomic E-state index is 12.0. The third-order valence-electron chi connectivity index (χ3n) is 9.00. The Balaban J connectivity index is 2.05. The van der Waals surface area contributed by atoms with Crippen molar-refractivity contribution in [2.75, 3.05) is 44.6 Å². The number of ether oxygens (including phenoxy) is 2. The molecule has 0 saturated heterocycles. The van der Waals surface area contributed by atoms with Crippen molar-refractivity contribution in [1.82, 2.24) is 0 Å². The third-order valence-corrected chi connectivity index (χ3v) is 11.5. The van der Waals surface area contributed by atoms with Crippen molar-refractivity contribution in [3.63, 3.8) is 0 Å². The smallest absolute Gasteiger partial charge is 0.294 e. The van der Waals surface area contributed by atoms with Crippen LogP contribution >= 0.6 is 0 Å². The molecule has 2 aromatic carbocycles. The van der Waals surface area contributed by atoms with Gasteiger partial charge in [-0.25, -0.2) is 0 Å². The Bertz CT molecular complexity index is 1970. The van der Waals surface area contributed by atoms with Crippen LogP contribution in [0.1, 0.15) is 49.8 Å². The van der Waals surface area contributed by atoms with Crippen LogP contribution in [0.4, 0.5) is 5.69 Å². The molecule has 49 heavy (non-hydrogen) atoms. The topological polar surface area (TPSA) is 185 Å². The van der Waals surface area contributed by atoms with Crippen molar-refractivity contribution in [2.24, 2.45) is 0 Å². The number of rotatable bonds is 17. The summed E-state index contributed by atoms with van der Waals surface area (Å²) >= 11 is 0. The van der Waals surface area contributed by atoms with Crippen molar-refractivity contribution in [3.8, 4) is 0 Å². The van der Waals surface area contributed by atoms with E-state index in [1.54, 1.807) is 50.7 Å². The Kier molecular flexibility index (Phi) is 13.0. The molecule has 3 N–H and O–H groups in total. The molecule has 0 amide bonds. The maximum Gasteiger partial charge on any atom is 0.294 e. The molecule has 0 aliphatic carbocycles. The van der Waals surface area contributed by atoms with E-state index in [0.29, 0.717) is 54.3 Å². The Labute approximate surface area is 290 Å². The molecular weight excluding hydrogens is 695 g/mol. The van der Waals surface area contributed by atoms with Gasteiger partial charge in [0, 0.05) is 49.6 Å². The van der Waals surface area contributed by atoms with Gasteiger partial charge in [-0.2, -0.15) is 25.3 Å². The molecule has 0 spiro atoms. The van der Waals surface area contributed by atoms with Crippen LogP contribution in [0, 0.1) is 6.92 Å². The molecule has 2 aromatic rings. The molecule has 3 rings (SSSR count). The molecule has 0 fully saturated rings. The van der Waals surface area contributed by atoms with E-state index < -0.39 is 46.9 Å². The molecule has 0 saturated carbocycles. The van der Waals surface area contributed by atoms with Gasteiger partial charge >= 0.3 is 0 Å². The van der Waals surface area contributed by atoms with Gasteiger partial charge in [0.2, 0.25) is 0 Å². The Morgan fingerprint density at radius 1 is 0.918 bits per heavy atom. The molecule has 2 unspecified atom stereocenters. The minimum Gasteiger partial charge on any atom is -0.385 e. The van der Waals surface area contributed by atoms with Gasteiger partial charge in [0.05, 0.1) is 22.2 Å². The van der Waals surface area contributed by atoms with E-state index in [4.69, 9.17) is 9.47 Å². The average molecular weight is 740 g/mol. The lowest BCUT2D eigenvalue weighted by Gasteiger charge is -2.33. The van der Waals surface area contributed by atoms with Gasteiger partial charge in [0.25, 0.3) is 30.4 Å². The quantitative estimate of drug-likeness (QED) is 0.138. The number of nitrogens with zero attached hydrogens (tertiary/aromatic N) is 1. The number of fused-ring (bicyclic) bond motifs is 1. The fraction of sp³-hybridized carbons (Fsp3) is 0.412. The third kappa shape index (κ3) is 9.76. The van der Waals surface area contributed by atoms with E-state index in [0.717, 1.165) is 5.56 Å². The summed E-state index contributed by atoms with van der Waals surface area (Å²) in [5.74, 6) is -0.490. The molecule has 1 heterocycles. The fourth-order valence-corrected chi connectivity index (χ4v) is 7.71. The normalized spacial score (nSPS) is 19.2.